The van der Waals surface area contributed by atoms with Crippen LogP contribution in [0, 0.1) is 5.82 Å². The number of carbonyl (C=O) groups excluding carboxylic acids is 1. The van der Waals surface area contributed by atoms with Crippen molar-refractivity contribution in [2.45, 2.75) is 6.92 Å². The van der Waals surface area contributed by atoms with E-state index < -0.39 is 0 Å². The number of halogens is 1. The van der Waals surface area contributed by atoms with Crippen molar-refractivity contribution in [3.63, 3.8) is 0 Å². The van der Waals surface area contributed by atoms with E-state index in [1.54, 1.807) is 25.1 Å². The number of carbonyl (C=O) groups is 1. The van der Waals surface area contributed by atoms with Gasteiger partial charge in [0, 0.05) is 22.3 Å². The maximum Gasteiger partial charge on any atom is 0.354 e. The normalized spacial score (nSPS) is 10.6. The van der Waals surface area contributed by atoms with Crippen molar-refractivity contribution < 1.29 is 13.9 Å². The van der Waals surface area contributed by atoms with E-state index in [0.717, 1.165) is 22.3 Å². The zero-order valence-corrected chi connectivity index (χ0v) is 12.0. The van der Waals surface area contributed by atoms with Gasteiger partial charge in [0.15, 0.2) is 0 Å². The summed E-state index contributed by atoms with van der Waals surface area (Å²) in [5.41, 5.74) is 2.89. The molecule has 0 saturated carbocycles. The number of esters is 1. The van der Waals surface area contributed by atoms with Gasteiger partial charge in [0.05, 0.1) is 6.61 Å². The molecule has 0 aliphatic carbocycles. The number of hydrogen-bond acceptors (Lipinski definition) is 3. The molecule has 4 nitrogen and oxygen atoms in total. The van der Waals surface area contributed by atoms with E-state index in [1.807, 2.05) is 18.2 Å². The Morgan fingerprint density at radius 2 is 1.86 bits per heavy atom. The summed E-state index contributed by atoms with van der Waals surface area (Å²) in [4.78, 5) is 14.8. The number of ether oxygens (including phenoxy) is 1. The van der Waals surface area contributed by atoms with Crippen LogP contribution in [0.2, 0.25) is 0 Å². The quantitative estimate of drug-likeness (QED) is 0.709. The lowest BCUT2D eigenvalue weighted by molar-refractivity contribution is 0.0520. The molecule has 0 radical (unpaired) electrons. The van der Waals surface area contributed by atoms with Gasteiger partial charge in [0.2, 0.25) is 0 Å². The first-order valence-electron chi connectivity index (χ1n) is 6.98. The summed E-state index contributed by atoms with van der Waals surface area (Å²) in [6, 6.07) is 13.6. The first kappa shape index (κ1) is 14.1. The third kappa shape index (κ3) is 2.93. The molecular weight excluding hydrogens is 283 g/mol. The highest BCUT2D eigenvalue weighted by Gasteiger charge is 2.10. The van der Waals surface area contributed by atoms with E-state index >= 15 is 0 Å². The van der Waals surface area contributed by atoms with E-state index in [4.69, 9.17) is 4.74 Å². The Hall–Kier alpha value is -2.82. The molecule has 112 valence electrons. The van der Waals surface area contributed by atoms with Crippen molar-refractivity contribution in [3.8, 4) is 0 Å². The summed E-state index contributed by atoms with van der Waals surface area (Å²) in [7, 11) is 0. The summed E-state index contributed by atoms with van der Waals surface area (Å²) in [6.45, 7) is 2.11. The smallest absolute Gasteiger partial charge is 0.354 e. The number of rotatable bonds is 4. The fourth-order valence-corrected chi connectivity index (χ4v) is 2.22. The molecule has 2 aromatic carbocycles. The summed E-state index contributed by atoms with van der Waals surface area (Å²) in [5, 5.41) is 4.11. The molecule has 0 aliphatic heterocycles. The van der Waals surface area contributed by atoms with Crippen molar-refractivity contribution in [1.29, 1.82) is 0 Å². The number of H-pyrrole nitrogens is 1. The van der Waals surface area contributed by atoms with Crippen molar-refractivity contribution in [3.05, 3.63) is 60.0 Å². The largest absolute Gasteiger partial charge is 0.461 e. The fraction of sp³-hybridized carbons (Fsp3) is 0.118. The Morgan fingerprint density at radius 1 is 1.14 bits per heavy atom. The minimum absolute atomic E-state index is 0.274. The molecular formula is C17H15FN2O2. The van der Waals surface area contributed by atoms with Gasteiger partial charge in [-0.2, -0.15) is 0 Å². The number of anilines is 2. The summed E-state index contributed by atoms with van der Waals surface area (Å²) >= 11 is 0. The van der Waals surface area contributed by atoms with Gasteiger partial charge in [-0.25, -0.2) is 9.18 Å². The molecule has 3 aromatic rings. The Balaban J connectivity index is 1.86. The number of aromatic amines is 1. The van der Waals surface area contributed by atoms with E-state index in [9.17, 15) is 9.18 Å². The van der Waals surface area contributed by atoms with Crippen molar-refractivity contribution >= 4 is 28.2 Å². The number of nitrogens with one attached hydrogen (secondary N) is 2. The predicted octanol–water partition coefficient (Wildman–Crippen LogP) is 4.23. The molecule has 0 spiro atoms. The first-order valence-corrected chi connectivity index (χ1v) is 6.98. The van der Waals surface area contributed by atoms with Crippen LogP contribution in [0.5, 0.6) is 0 Å². The SMILES string of the molecule is CCOC(=O)c1cc2ccc(Nc3ccc(F)cc3)cc2[nH]1. The predicted molar refractivity (Wildman–Crippen MR) is 83.9 cm³/mol. The Morgan fingerprint density at radius 3 is 2.59 bits per heavy atom. The number of aromatic nitrogens is 1. The second-order valence-corrected chi connectivity index (χ2v) is 4.84. The van der Waals surface area contributed by atoms with Crippen LogP contribution in [0.1, 0.15) is 17.4 Å². The lowest BCUT2D eigenvalue weighted by Crippen LogP contribution is -2.04. The lowest BCUT2D eigenvalue weighted by Gasteiger charge is -2.06. The number of fused-ring (bicyclic) bond motifs is 1. The van der Waals surface area contributed by atoms with Gasteiger partial charge >= 0.3 is 5.97 Å². The Bertz CT molecular complexity index is 809. The highest BCUT2D eigenvalue weighted by molar-refractivity contribution is 5.95. The third-order valence-corrected chi connectivity index (χ3v) is 3.25. The van der Waals surface area contributed by atoms with Crippen molar-refractivity contribution in [2.75, 3.05) is 11.9 Å². The van der Waals surface area contributed by atoms with Crippen LogP contribution in [-0.4, -0.2) is 17.6 Å². The minimum atomic E-state index is -0.369. The highest BCUT2D eigenvalue weighted by Crippen LogP contribution is 2.23. The fourth-order valence-electron chi connectivity index (χ4n) is 2.22. The second-order valence-electron chi connectivity index (χ2n) is 4.84. The van der Waals surface area contributed by atoms with Crippen LogP contribution < -0.4 is 5.32 Å². The van der Waals surface area contributed by atoms with E-state index in [1.165, 1.54) is 12.1 Å². The van der Waals surface area contributed by atoms with Crippen LogP contribution >= 0.6 is 0 Å². The molecule has 0 fully saturated rings. The molecule has 0 saturated heterocycles. The molecule has 1 heterocycles. The van der Waals surface area contributed by atoms with Gasteiger partial charge in [-0.05, 0) is 49.4 Å². The van der Waals surface area contributed by atoms with Crippen LogP contribution in [0.3, 0.4) is 0 Å². The van der Waals surface area contributed by atoms with Gasteiger partial charge in [-0.15, -0.1) is 0 Å². The second kappa shape index (κ2) is 5.89. The zero-order chi connectivity index (χ0) is 15.5. The van der Waals surface area contributed by atoms with Gasteiger partial charge in [0.1, 0.15) is 11.5 Å². The van der Waals surface area contributed by atoms with E-state index in [0.29, 0.717) is 12.3 Å². The van der Waals surface area contributed by atoms with E-state index in [2.05, 4.69) is 10.3 Å². The molecule has 0 atom stereocenters. The summed E-state index contributed by atoms with van der Waals surface area (Å²) < 4.78 is 17.9. The first-order chi connectivity index (χ1) is 10.7. The average Bonchev–Trinajstić information content (AvgIpc) is 2.93. The van der Waals surface area contributed by atoms with Gasteiger partial charge in [-0.3, -0.25) is 0 Å². The molecule has 22 heavy (non-hydrogen) atoms. The topological polar surface area (TPSA) is 54.1 Å². The molecule has 5 heteroatoms. The number of hydrogen-bond donors (Lipinski definition) is 2. The standard InChI is InChI=1S/C17H15FN2O2/c1-2-22-17(21)16-9-11-3-6-14(10-15(11)20-16)19-13-7-4-12(18)5-8-13/h3-10,19-20H,2H2,1H3. The van der Waals surface area contributed by atoms with E-state index in [-0.39, 0.29) is 11.8 Å². The van der Waals surface area contributed by atoms with Crippen LogP contribution in [-0.2, 0) is 4.74 Å². The number of benzene rings is 2. The molecule has 2 N–H and O–H groups in total. The third-order valence-electron chi connectivity index (χ3n) is 3.25. The Kier molecular flexibility index (Phi) is 3.78. The average molecular weight is 298 g/mol. The van der Waals surface area contributed by atoms with Gasteiger partial charge in [-0.1, -0.05) is 6.07 Å². The van der Waals surface area contributed by atoms with Crippen molar-refractivity contribution in [1.82, 2.24) is 4.98 Å². The lowest BCUT2D eigenvalue weighted by atomic mass is 10.2. The van der Waals surface area contributed by atoms with Crippen molar-refractivity contribution in [2.24, 2.45) is 0 Å². The maximum absolute atomic E-state index is 12.9. The molecule has 0 amide bonds. The molecule has 0 bridgehead atoms. The molecule has 0 unspecified atom stereocenters. The molecule has 0 aliphatic rings. The van der Waals surface area contributed by atoms with Crippen LogP contribution in [0.25, 0.3) is 10.9 Å². The Labute approximate surface area is 126 Å². The summed E-state index contributed by atoms with van der Waals surface area (Å²) in [5.74, 6) is -0.642. The minimum Gasteiger partial charge on any atom is -0.461 e. The van der Waals surface area contributed by atoms with Gasteiger partial charge < -0.3 is 15.0 Å². The van der Waals surface area contributed by atoms with Crippen LogP contribution in [0.15, 0.2) is 48.5 Å². The molecule has 1 aromatic heterocycles. The monoisotopic (exact) mass is 298 g/mol. The molecule has 3 rings (SSSR count). The van der Waals surface area contributed by atoms with Gasteiger partial charge in [0.25, 0.3) is 0 Å². The highest BCUT2D eigenvalue weighted by atomic mass is 19.1. The zero-order valence-electron chi connectivity index (χ0n) is 12.0. The maximum atomic E-state index is 12.9. The van der Waals surface area contributed by atoms with Crippen LogP contribution in [0.4, 0.5) is 15.8 Å². The summed E-state index contributed by atoms with van der Waals surface area (Å²) in [6.07, 6.45) is 0.